The first kappa shape index (κ1) is 11.2. The number of carbonyl (C=O) groups is 2. The van der Waals surface area contributed by atoms with Gasteiger partial charge in [0.2, 0.25) is 0 Å². The molecule has 2 amide bonds. The van der Waals surface area contributed by atoms with E-state index in [1.807, 2.05) is 0 Å². The molecule has 2 heterocycles. The molecule has 2 rings (SSSR count). The zero-order valence-corrected chi connectivity index (χ0v) is 9.53. The van der Waals surface area contributed by atoms with Crippen LogP contribution >= 0.6 is 11.8 Å². The third-order valence-corrected chi connectivity index (χ3v) is 3.72. The largest absolute Gasteiger partial charge is 0.463 e. The molecular weight excluding hydrogens is 228 g/mol. The Bertz CT molecular complexity index is 404. The summed E-state index contributed by atoms with van der Waals surface area (Å²) in [6, 6.07) is 3.57. The van der Waals surface area contributed by atoms with Gasteiger partial charge < -0.3 is 10.2 Å². The van der Waals surface area contributed by atoms with Crippen molar-refractivity contribution in [1.82, 2.24) is 0 Å². The van der Waals surface area contributed by atoms with E-state index in [0.29, 0.717) is 23.9 Å². The minimum absolute atomic E-state index is 0.0419. The number of hydrogen-bond donors (Lipinski definition) is 1. The van der Waals surface area contributed by atoms with E-state index in [1.54, 1.807) is 18.4 Å². The minimum atomic E-state index is -0.456. The summed E-state index contributed by atoms with van der Waals surface area (Å²) in [5, 5.41) is 0. The Labute approximate surface area is 97.2 Å². The topological polar surface area (TPSA) is 73.3 Å². The van der Waals surface area contributed by atoms with Crippen LogP contribution in [-0.4, -0.2) is 34.5 Å². The molecule has 0 radical (unpaired) electrons. The summed E-state index contributed by atoms with van der Waals surface area (Å²) in [4.78, 5) is 22.9. The van der Waals surface area contributed by atoms with Crippen molar-refractivity contribution in [3.8, 4) is 0 Å². The van der Waals surface area contributed by atoms with Crippen molar-refractivity contribution in [1.29, 1.82) is 0 Å². The van der Waals surface area contributed by atoms with Gasteiger partial charge in [-0.3, -0.25) is 4.79 Å². The Hall–Kier alpha value is -1.27. The molecule has 0 aromatic carbocycles. The first-order valence-corrected chi connectivity index (χ1v) is 6.06. The Balaban J connectivity index is 2.20. The molecule has 0 spiro atoms. The minimum Gasteiger partial charge on any atom is -0.463 e. The Kier molecular flexibility index (Phi) is 3.02. The van der Waals surface area contributed by atoms with Crippen LogP contribution in [0.3, 0.4) is 0 Å². The molecule has 0 saturated carbocycles. The number of furan rings is 1. The van der Waals surface area contributed by atoms with Gasteiger partial charge in [0.1, 0.15) is 18.2 Å². The van der Waals surface area contributed by atoms with Gasteiger partial charge in [-0.2, -0.15) is 0 Å². The van der Waals surface area contributed by atoms with Crippen molar-refractivity contribution in [3.05, 3.63) is 24.2 Å². The quantitative estimate of drug-likeness (QED) is 0.770. The highest BCUT2D eigenvalue weighted by atomic mass is 32.2. The first-order chi connectivity index (χ1) is 7.62. The van der Waals surface area contributed by atoms with Gasteiger partial charge in [-0.25, -0.2) is 9.28 Å². The van der Waals surface area contributed by atoms with Crippen LogP contribution in [0.1, 0.15) is 5.76 Å². The van der Waals surface area contributed by atoms with Crippen LogP contribution in [0.25, 0.3) is 0 Å². The molecule has 1 aliphatic heterocycles. The van der Waals surface area contributed by atoms with E-state index in [9.17, 15) is 9.59 Å². The molecule has 86 valence electrons. The summed E-state index contributed by atoms with van der Waals surface area (Å²) < 4.78 is 5.30. The third-order valence-electron chi connectivity index (χ3n) is 2.59. The number of nitrogens with two attached hydrogens (primary N) is 1. The smallest absolute Gasteiger partial charge is 0.325 e. The van der Waals surface area contributed by atoms with Crippen molar-refractivity contribution >= 4 is 23.6 Å². The lowest BCUT2D eigenvalue weighted by Gasteiger charge is -2.28. The Morgan fingerprint density at radius 2 is 2.44 bits per heavy atom. The van der Waals surface area contributed by atoms with Crippen LogP contribution in [0.15, 0.2) is 22.8 Å². The molecule has 1 atom stereocenters. The van der Waals surface area contributed by atoms with E-state index >= 15 is 0 Å². The molecule has 2 N–H and O–H groups in total. The maximum Gasteiger partial charge on any atom is 0.325 e. The van der Waals surface area contributed by atoms with Gasteiger partial charge in [-0.05, 0) is 12.1 Å². The molecule has 0 bridgehead atoms. The molecule has 1 saturated heterocycles. The van der Waals surface area contributed by atoms with E-state index in [0.717, 1.165) is 0 Å². The van der Waals surface area contributed by atoms with Crippen LogP contribution in [0, 0.1) is 0 Å². The molecule has 1 fully saturated rings. The van der Waals surface area contributed by atoms with Gasteiger partial charge in [-0.1, -0.05) is 11.8 Å². The maximum absolute atomic E-state index is 11.9. The molecule has 1 aromatic heterocycles. The predicted octanol–water partition coefficient (Wildman–Crippen LogP) is 0.313. The van der Waals surface area contributed by atoms with E-state index in [2.05, 4.69) is 0 Å². The number of primary amides is 1. The average molecular weight is 241 g/mol. The Morgan fingerprint density at radius 1 is 1.62 bits per heavy atom. The molecule has 1 aromatic rings. The normalized spacial score (nSPS) is 24.9. The van der Waals surface area contributed by atoms with E-state index < -0.39 is 5.91 Å². The molecule has 6 heteroatoms. The number of quaternary nitrogens is 1. The van der Waals surface area contributed by atoms with Gasteiger partial charge in [0, 0.05) is 0 Å². The van der Waals surface area contributed by atoms with Gasteiger partial charge >= 0.3 is 5.91 Å². The second kappa shape index (κ2) is 4.31. The summed E-state index contributed by atoms with van der Waals surface area (Å²) >= 11 is 1.53. The highest BCUT2D eigenvalue weighted by Gasteiger charge is 2.43. The zero-order chi connectivity index (χ0) is 11.6. The van der Waals surface area contributed by atoms with Crippen LogP contribution in [0.4, 0.5) is 0 Å². The standard InChI is InChI=1S/C10H12N2O3S/c11-9(13)5-12(7-16-6-10(12)14)4-8-2-1-3-15-8/h1-3H,4-7H2,(H-,11,13)/p+1. The van der Waals surface area contributed by atoms with Gasteiger partial charge in [0.25, 0.3) is 5.91 Å². The zero-order valence-electron chi connectivity index (χ0n) is 8.72. The lowest BCUT2D eigenvalue weighted by molar-refractivity contribution is -0.844. The molecule has 1 aliphatic rings. The second-order valence-electron chi connectivity index (χ2n) is 3.88. The summed E-state index contributed by atoms with van der Waals surface area (Å²) in [6.45, 7) is 0.453. The molecule has 16 heavy (non-hydrogen) atoms. The molecule has 5 nitrogen and oxygen atoms in total. The fourth-order valence-electron chi connectivity index (χ4n) is 1.84. The highest BCUT2D eigenvalue weighted by Crippen LogP contribution is 2.27. The third kappa shape index (κ3) is 2.12. The number of rotatable bonds is 4. The van der Waals surface area contributed by atoms with E-state index in [-0.39, 0.29) is 16.9 Å². The van der Waals surface area contributed by atoms with Crippen LogP contribution in [0.5, 0.6) is 0 Å². The fraction of sp³-hybridized carbons (Fsp3) is 0.400. The number of nitrogens with zero attached hydrogens (tertiary/aromatic N) is 1. The number of amides is 2. The van der Waals surface area contributed by atoms with Crippen molar-refractivity contribution in [3.63, 3.8) is 0 Å². The summed E-state index contributed by atoms with van der Waals surface area (Å²) in [5.41, 5.74) is 5.20. The van der Waals surface area contributed by atoms with Crippen LogP contribution in [-0.2, 0) is 16.1 Å². The predicted molar refractivity (Wildman–Crippen MR) is 59.1 cm³/mol. The van der Waals surface area contributed by atoms with Gasteiger partial charge in [0.15, 0.2) is 12.3 Å². The summed E-state index contributed by atoms with van der Waals surface area (Å²) in [7, 11) is 0. The lowest BCUT2D eigenvalue weighted by atomic mass is 10.3. The van der Waals surface area contributed by atoms with Crippen molar-refractivity contribution in [2.45, 2.75) is 6.54 Å². The second-order valence-corrected chi connectivity index (χ2v) is 4.83. The molecule has 0 aliphatic carbocycles. The SMILES string of the molecule is NC(=O)C[N+]1(Cc2ccco2)CSCC1=O. The highest BCUT2D eigenvalue weighted by molar-refractivity contribution is 8.00. The van der Waals surface area contributed by atoms with Crippen LogP contribution < -0.4 is 5.73 Å². The van der Waals surface area contributed by atoms with E-state index in [4.69, 9.17) is 10.2 Å². The average Bonchev–Trinajstić information content (AvgIpc) is 2.78. The van der Waals surface area contributed by atoms with Crippen LogP contribution in [0.2, 0.25) is 0 Å². The summed E-state index contributed by atoms with van der Waals surface area (Å²) in [5.74, 6) is 1.32. The van der Waals surface area contributed by atoms with Crippen molar-refractivity contribution in [2.75, 3.05) is 18.2 Å². The first-order valence-electron chi connectivity index (χ1n) is 4.90. The van der Waals surface area contributed by atoms with E-state index in [1.165, 1.54) is 11.8 Å². The summed E-state index contributed by atoms with van der Waals surface area (Å²) in [6.07, 6.45) is 1.56. The maximum atomic E-state index is 11.9. The molecular formula is C10H13N2O3S+. The number of hydrogen-bond acceptors (Lipinski definition) is 4. The number of carbonyl (C=O) groups excluding carboxylic acids is 2. The lowest BCUT2D eigenvalue weighted by Crippen LogP contribution is -2.53. The van der Waals surface area contributed by atoms with Gasteiger partial charge in [-0.15, -0.1) is 0 Å². The fourth-order valence-corrected chi connectivity index (χ4v) is 3.06. The van der Waals surface area contributed by atoms with Crippen molar-refractivity contribution in [2.24, 2.45) is 5.73 Å². The Morgan fingerprint density at radius 3 is 2.94 bits per heavy atom. The van der Waals surface area contributed by atoms with Crippen molar-refractivity contribution < 1.29 is 18.5 Å². The van der Waals surface area contributed by atoms with Gasteiger partial charge in [0.05, 0.1) is 6.26 Å². The molecule has 1 unspecified atom stereocenters. The number of thioether (sulfide) groups is 1. The monoisotopic (exact) mass is 241 g/mol.